The number of aryl methyl sites for hydroxylation is 1. The number of nitrogens with one attached hydrogen (secondary N) is 1. The van der Waals surface area contributed by atoms with E-state index in [4.69, 9.17) is 23.2 Å². The van der Waals surface area contributed by atoms with Crippen LogP contribution in [0.4, 0.5) is 5.69 Å². The summed E-state index contributed by atoms with van der Waals surface area (Å²) < 4.78 is 26.0. The second-order valence-electron chi connectivity index (χ2n) is 7.84. The number of hydrogen-bond donors (Lipinski definition) is 1. The van der Waals surface area contributed by atoms with Gasteiger partial charge in [-0.05, 0) is 50.1 Å². The Hall–Kier alpha value is -2.29. The minimum atomic E-state index is -3.76. The summed E-state index contributed by atoms with van der Waals surface area (Å²) in [7, 11) is -3.76. The van der Waals surface area contributed by atoms with Gasteiger partial charge in [0.05, 0.1) is 22.0 Å². The van der Waals surface area contributed by atoms with E-state index in [1.165, 1.54) is 4.90 Å². The number of amides is 2. The molecule has 0 aliphatic rings. The highest BCUT2D eigenvalue weighted by Crippen LogP contribution is 2.24. The molecule has 0 aromatic heterocycles. The van der Waals surface area contributed by atoms with E-state index in [0.717, 1.165) is 22.5 Å². The zero-order valence-corrected chi connectivity index (χ0v) is 21.5. The highest BCUT2D eigenvalue weighted by Gasteiger charge is 2.30. The van der Waals surface area contributed by atoms with Crippen molar-refractivity contribution in [3.8, 4) is 0 Å². The van der Waals surface area contributed by atoms with Gasteiger partial charge in [0.1, 0.15) is 12.6 Å². The van der Waals surface area contributed by atoms with Crippen LogP contribution in [0.1, 0.15) is 31.4 Å². The van der Waals surface area contributed by atoms with E-state index in [9.17, 15) is 18.0 Å². The van der Waals surface area contributed by atoms with Gasteiger partial charge in [0.2, 0.25) is 21.8 Å². The predicted molar refractivity (Wildman–Crippen MR) is 133 cm³/mol. The average molecular weight is 514 g/mol. The predicted octanol–water partition coefficient (Wildman–Crippen LogP) is 4.01. The quantitative estimate of drug-likeness (QED) is 0.519. The minimum absolute atomic E-state index is 0.0575. The first-order valence-electron chi connectivity index (χ1n) is 10.5. The van der Waals surface area contributed by atoms with Gasteiger partial charge < -0.3 is 10.2 Å². The molecule has 2 aromatic rings. The minimum Gasteiger partial charge on any atom is -0.354 e. The summed E-state index contributed by atoms with van der Waals surface area (Å²) in [6, 6.07) is 10.9. The topological polar surface area (TPSA) is 86.8 Å². The number of carbonyl (C=O) groups is 2. The maximum absolute atomic E-state index is 13.4. The van der Waals surface area contributed by atoms with Crippen LogP contribution in [0.15, 0.2) is 42.5 Å². The monoisotopic (exact) mass is 513 g/mol. The Morgan fingerprint density at radius 3 is 2.24 bits per heavy atom. The van der Waals surface area contributed by atoms with Crippen LogP contribution < -0.4 is 9.62 Å². The number of rotatable bonds is 10. The van der Waals surface area contributed by atoms with Gasteiger partial charge in [-0.15, -0.1) is 0 Å². The third-order valence-corrected chi connectivity index (χ3v) is 6.93. The highest BCUT2D eigenvalue weighted by atomic mass is 35.5. The largest absolute Gasteiger partial charge is 0.354 e. The average Bonchev–Trinajstić information content (AvgIpc) is 2.75. The standard InChI is InChI=1S/C23H29Cl2N3O4S/c1-5-12-26-23(30)17(3)27(14-18-8-11-20(24)21(25)13-18)22(29)15-28(33(4,31)32)19-9-6-16(2)7-10-19/h6-11,13,17H,5,12,14-15H2,1-4H3,(H,26,30)/t17-/m1/s1. The first-order chi connectivity index (χ1) is 15.4. The van der Waals surface area contributed by atoms with Crippen molar-refractivity contribution >= 4 is 50.7 Å². The first kappa shape index (κ1) is 27.0. The van der Waals surface area contributed by atoms with Gasteiger partial charge in [-0.1, -0.05) is 53.9 Å². The Labute approximate surface area is 205 Å². The molecule has 0 unspecified atom stereocenters. The summed E-state index contributed by atoms with van der Waals surface area (Å²) in [5.74, 6) is -0.849. The van der Waals surface area contributed by atoms with Crippen molar-refractivity contribution in [3.05, 3.63) is 63.6 Å². The molecule has 0 bridgehead atoms. The molecule has 7 nitrogen and oxygen atoms in total. The molecule has 0 saturated heterocycles. The molecule has 0 aliphatic heterocycles. The number of anilines is 1. The van der Waals surface area contributed by atoms with E-state index < -0.39 is 28.5 Å². The van der Waals surface area contributed by atoms with Crippen molar-refractivity contribution in [3.63, 3.8) is 0 Å². The Kier molecular flexibility index (Phi) is 9.57. The second kappa shape index (κ2) is 11.7. The fraction of sp³-hybridized carbons (Fsp3) is 0.391. The fourth-order valence-electron chi connectivity index (χ4n) is 3.14. The van der Waals surface area contributed by atoms with Crippen LogP contribution in [0.2, 0.25) is 10.0 Å². The summed E-state index contributed by atoms with van der Waals surface area (Å²) in [5, 5.41) is 3.47. The molecule has 2 aromatic carbocycles. The van der Waals surface area contributed by atoms with Gasteiger partial charge in [0.15, 0.2) is 0 Å². The molecule has 0 aliphatic carbocycles. The molecule has 0 heterocycles. The third kappa shape index (κ3) is 7.62. The maximum Gasteiger partial charge on any atom is 0.244 e. The lowest BCUT2D eigenvalue weighted by Gasteiger charge is -2.31. The van der Waals surface area contributed by atoms with Crippen molar-refractivity contribution < 1.29 is 18.0 Å². The normalized spacial score (nSPS) is 12.2. The molecule has 33 heavy (non-hydrogen) atoms. The smallest absolute Gasteiger partial charge is 0.244 e. The summed E-state index contributed by atoms with van der Waals surface area (Å²) >= 11 is 12.1. The van der Waals surface area contributed by atoms with Crippen molar-refractivity contribution in [2.45, 2.75) is 39.8 Å². The number of hydrogen-bond acceptors (Lipinski definition) is 4. The number of sulfonamides is 1. The summed E-state index contributed by atoms with van der Waals surface area (Å²) in [5.41, 5.74) is 1.99. The summed E-state index contributed by atoms with van der Waals surface area (Å²) in [6.07, 6.45) is 1.79. The molecular weight excluding hydrogens is 485 g/mol. The van der Waals surface area contributed by atoms with E-state index in [1.54, 1.807) is 49.4 Å². The van der Waals surface area contributed by atoms with Gasteiger partial charge in [-0.25, -0.2) is 8.42 Å². The van der Waals surface area contributed by atoms with Crippen LogP contribution >= 0.6 is 23.2 Å². The van der Waals surface area contributed by atoms with Crippen LogP contribution in [-0.2, 0) is 26.2 Å². The molecule has 2 rings (SSSR count). The summed E-state index contributed by atoms with van der Waals surface area (Å²) in [6.45, 7) is 5.49. The van der Waals surface area contributed by atoms with Crippen molar-refractivity contribution in [2.24, 2.45) is 0 Å². The van der Waals surface area contributed by atoms with E-state index >= 15 is 0 Å². The van der Waals surface area contributed by atoms with Gasteiger partial charge >= 0.3 is 0 Å². The second-order valence-corrected chi connectivity index (χ2v) is 10.6. The van der Waals surface area contributed by atoms with Gasteiger partial charge in [-0.3, -0.25) is 13.9 Å². The van der Waals surface area contributed by atoms with Crippen molar-refractivity contribution in [2.75, 3.05) is 23.7 Å². The number of benzene rings is 2. The first-order valence-corrected chi connectivity index (χ1v) is 13.1. The molecule has 0 spiro atoms. The molecule has 2 amide bonds. The Morgan fingerprint density at radius 1 is 1.06 bits per heavy atom. The molecule has 1 N–H and O–H groups in total. The van der Waals surface area contributed by atoms with Crippen molar-refractivity contribution in [1.82, 2.24) is 10.2 Å². The van der Waals surface area contributed by atoms with Crippen molar-refractivity contribution in [1.29, 1.82) is 0 Å². The number of carbonyl (C=O) groups excluding carboxylic acids is 2. The van der Waals surface area contributed by atoms with E-state index in [-0.39, 0.29) is 12.5 Å². The Balaban J connectivity index is 2.38. The van der Waals surface area contributed by atoms with Gasteiger partial charge in [0, 0.05) is 13.1 Å². The van der Waals surface area contributed by atoms with E-state index in [2.05, 4.69) is 5.32 Å². The molecule has 1 atom stereocenters. The zero-order valence-electron chi connectivity index (χ0n) is 19.1. The Morgan fingerprint density at radius 2 is 1.70 bits per heavy atom. The van der Waals surface area contributed by atoms with Crippen LogP contribution in [0.25, 0.3) is 0 Å². The molecule has 0 radical (unpaired) electrons. The molecule has 180 valence electrons. The highest BCUT2D eigenvalue weighted by molar-refractivity contribution is 7.92. The van der Waals surface area contributed by atoms with Crippen LogP contribution in [0.5, 0.6) is 0 Å². The lowest BCUT2D eigenvalue weighted by molar-refractivity contribution is -0.139. The lowest BCUT2D eigenvalue weighted by Crippen LogP contribution is -2.51. The molecular formula is C23H29Cl2N3O4S. The molecule has 0 fully saturated rings. The van der Waals surface area contributed by atoms with E-state index in [1.807, 2.05) is 13.8 Å². The lowest BCUT2D eigenvalue weighted by atomic mass is 10.1. The summed E-state index contributed by atoms with van der Waals surface area (Å²) in [4.78, 5) is 27.4. The SMILES string of the molecule is CCCNC(=O)[C@@H](C)N(Cc1ccc(Cl)c(Cl)c1)C(=O)CN(c1ccc(C)cc1)S(C)(=O)=O. The number of halogens is 2. The maximum atomic E-state index is 13.4. The Bertz CT molecular complexity index is 1090. The van der Waals surface area contributed by atoms with Gasteiger partial charge in [-0.2, -0.15) is 0 Å². The van der Waals surface area contributed by atoms with Crippen LogP contribution in [0.3, 0.4) is 0 Å². The molecule has 0 saturated carbocycles. The fourth-order valence-corrected chi connectivity index (χ4v) is 4.31. The number of nitrogens with zero attached hydrogens (tertiary/aromatic N) is 2. The van der Waals surface area contributed by atoms with Crippen LogP contribution in [0, 0.1) is 6.92 Å². The van der Waals surface area contributed by atoms with Crippen LogP contribution in [-0.4, -0.2) is 50.5 Å². The molecule has 10 heteroatoms. The van der Waals surface area contributed by atoms with E-state index in [0.29, 0.717) is 27.8 Å². The zero-order chi connectivity index (χ0) is 24.8. The van der Waals surface area contributed by atoms with Gasteiger partial charge in [0.25, 0.3) is 0 Å². The third-order valence-electron chi connectivity index (χ3n) is 5.05.